The molecule has 0 aliphatic carbocycles. The molecule has 0 saturated carbocycles. The molecule has 182 valence electrons. The molecule has 30 heavy (non-hydrogen) atoms. The van der Waals surface area contributed by atoms with Crippen molar-refractivity contribution >= 4 is 20.9 Å². The maximum atomic E-state index is 6.58. The number of rotatable bonds is 25. The minimum absolute atomic E-state index is 0.924. The van der Waals surface area contributed by atoms with Gasteiger partial charge in [0, 0.05) is 6.61 Å². The maximum absolute atomic E-state index is 6.58. The summed E-state index contributed by atoms with van der Waals surface area (Å²) in [6.07, 6.45) is 26.9. The van der Waals surface area contributed by atoms with Crippen LogP contribution in [-0.2, 0) is 4.43 Å². The minimum atomic E-state index is -1.54. The molecule has 0 rings (SSSR count). The maximum Gasteiger partial charge on any atom is 0.192 e. The van der Waals surface area contributed by atoms with E-state index in [0.717, 1.165) is 12.4 Å². The summed E-state index contributed by atoms with van der Waals surface area (Å²) in [5, 5.41) is 0. The first kappa shape index (κ1) is 30.5. The molecule has 0 aromatic rings. The summed E-state index contributed by atoms with van der Waals surface area (Å²) in [6.45, 7) is 7.75. The third-order valence-corrected chi connectivity index (χ3v) is 11.7. The molecule has 0 saturated heterocycles. The van der Waals surface area contributed by atoms with Crippen LogP contribution >= 0.6 is 12.6 Å². The van der Waals surface area contributed by atoms with Crippen molar-refractivity contribution < 1.29 is 4.43 Å². The van der Waals surface area contributed by atoms with Crippen molar-refractivity contribution in [3.05, 3.63) is 0 Å². The van der Waals surface area contributed by atoms with Gasteiger partial charge in [0.25, 0.3) is 0 Å². The highest BCUT2D eigenvalue weighted by atomic mass is 32.1. The molecule has 0 heterocycles. The Morgan fingerprint density at radius 1 is 0.467 bits per heavy atom. The van der Waals surface area contributed by atoms with Crippen LogP contribution in [0.5, 0.6) is 0 Å². The fourth-order valence-electron chi connectivity index (χ4n) is 4.81. The van der Waals surface area contributed by atoms with Gasteiger partial charge in [-0.15, -0.1) is 0 Å². The molecule has 0 fully saturated rings. The van der Waals surface area contributed by atoms with Gasteiger partial charge in [0.2, 0.25) is 0 Å². The zero-order valence-electron chi connectivity index (χ0n) is 21.3. The van der Waals surface area contributed by atoms with E-state index in [9.17, 15) is 0 Å². The SMILES string of the molecule is CCCCCCCCCCC[Si](CCCS)(CCCCCCCCCCC)OCC. The number of unbranched alkanes of at least 4 members (excludes halogenated alkanes) is 16. The van der Waals surface area contributed by atoms with Crippen molar-refractivity contribution in [2.45, 2.75) is 161 Å². The summed E-state index contributed by atoms with van der Waals surface area (Å²) >= 11 is 4.51. The van der Waals surface area contributed by atoms with Crippen LogP contribution in [0.4, 0.5) is 0 Å². The monoisotopic (exact) mass is 458 g/mol. The molecule has 0 aliphatic rings. The van der Waals surface area contributed by atoms with E-state index in [2.05, 4.69) is 33.4 Å². The Morgan fingerprint density at radius 2 is 0.800 bits per heavy atom. The van der Waals surface area contributed by atoms with Crippen molar-refractivity contribution in [2.75, 3.05) is 12.4 Å². The lowest BCUT2D eigenvalue weighted by atomic mass is 10.1. The topological polar surface area (TPSA) is 9.23 Å². The Labute approximate surface area is 198 Å². The molecule has 0 aliphatic heterocycles. The molecule has 0 spiro atoms. The number of hydrogen-bond acceptors (Lipinski definition) is 2. The zero-order valence-corrected chi connectivity index (χ0v) is 23.2. The van der Waals surface area contributed by atoms with E-state index < -0.39 is 8.32 Å². The molecule has 0 atom stereocenters. The smallest absolute Gasteiger partial charge is 0.192 e. The fourth-order valence-corrected chi connectivity index (χ4v) is 9.68. The lowest BCUT2D eigenvalue weighted by molar-refractivity contribution is 0.314. The molecule has 0 aromatic heterocycles. The number of hydrogen-bond donors (Lipinski definition) is 1. The summed E-state index contributed by atoms with van der Waals surface area (Å²) in [7, 11) is -1.54. The fraction of sp³-hybridized carbons (Fsp3) is 1.00. The standard InChI is InChI=1S/C27H58OSSi/c1-4-7-9-11-13-15-17-19-21-25-30(28-6-3,27-23-24-29)26-22-20-18-16-14-12-10-8-5-2/h29H,4-27H2,1-3H3. The van der Waals surface area contributed by atoms with E-state index in [-0.39, 0.29) is 0 Å². The van der Waals surface area contributed by atoms with Gasteiger partial charge in [-0.25, -0.2) is 0 Å². The van der Waals surface area contributed by atoms with Crippen LogP contribution in [0.3, 0.4) is 0 Å². The van der Waals surface area contributed by atoms with E-state index in [1.165, 1.54) is 140 Å². The van der Waals surface area contributed by atoms with Crippen LogP contribution < -0.4 is 0 Å². The van der Waals surface area contributed by atoms with Crippen molar-refractivity contribution in [3.8, 4) is 0 Å². The Hall–Kier alpha value is 0.527. The van der Waals surface area contributed by atoms with Crippen LogP contribution in [0.2, 0.25) is 18.1 Å². The largest absolute Gasteiger partial charge is 0.417 e. The first-order valence-corrected chi connectivity index (χ1v) is 17.2. The molecule has 0 aromatic carbocycles. The molecule has 0 radical (unpaired) electrons. The van der Waals surface area contributed by atoms with Gasteiger partial charge in [-0.3, -0.25) is 0 Å². The van der Waals surface area contributed by atoms with Crippen LogP contribution in [0.25, 0.3) is 0 Å². The third kappa shape index (κ3) is 19.2. The van der Waals surface area contributed by atoms with Crippen LogP contribution in [0, 0.1) is 0 Å². The molecule has 0 N–H and O–H groups in total. The lowest BCUT2D eigenvalue weighted by Gasteiger charge is -2.31. The van der Waals surface area contributed by atoms with Crippen LogP contribution in [0.1, 0.15) is 143 Å². The highest BCUT2D eigenvalue weighted by molar-refractivity contribution is 7.80. The van der Waals surface area contributed by atoms with E-state index in [1.807, 2.05) is 0 Å². The van der Waals surface area contributed by atoms with Gasteiger partial charge in [0.05, 0.1) is 0 Å². The van der Waals surface area contributed by atoms with E-state index in [4.69, 9.17) is 4.43 Å². The van der Waals surface area contributed by atoms with Gasteiger partial charge < -0.3 is 4.43 Å². The summed E-state index contributed by atoms with van der Waals surface area (Å²) in [5.74, 6) is 1.03. The predicted octanol–water partition coefficient (Wildman–Crippen LogP) is 10.3. The zero-order chi connectivity index (χ0) is 22.2. The minimum Gasteiger partial charge on any atom is -0.417 e. The highest BCUT2D eigenvalue weighted by Crippen LogP contribution is 2.30. The Morgan fingerprint density at radius 3 is 1.13 bits per heavy atom. The summed E-state index contributed by atoms with van der Waals surface area (Å²) in [6, 6.07) is 4.15. The van der Waals surface area contributed by atoms with E-state index in [0.29, 0.717) is 0 Å². The van der Waals surface area contributed by atoms with Gasteiger partial charge >= 0.3 is 0 Å². The van der Waals surface area contributed by atoms with Gasteiger partial charge in [0.15, 0.2) is 8.32 Å². The predicted molar refractivity (Wildman–Crippen MR) is 145 cm³/mol. The molecular formula is C27H58OSSi. The van der Waals surface area contributed by atoms with Crippen molar-refractivity contribution in [1.82, 2.24) is 0 Å². The van der Waals surface area contributed by atoms with Crippen molar-refractivity contribution in [1.29, 1.82) is 0 Å². The van der Waals surface area contributed by atoms with Crippen LogP contribution in [-0.4, -0.2) is 20.7 Å². The normalized spacial score (nSPS) is 12.0. The summed E-state index contributed by atoms with van der Waals surface area (Å²) in [4.78, 5) is 0. The third-order valence-electron chi connectivity index (χ3n) is 6.71. The average Bonchev–Trinajstić information content (AvgIpc) is 2.75. The summed E-state index contributed by atoms with van der Waals surface area (Å²) in [5.41, 5.74) is 0. The van der Waals surface area contributed by atoms with E-state index in [1.54, 1.807) is 0 Å². The Balaban J connectivity index is 4.08. The van der Waals surface area contributed by atoms with Gasteiger partial charge in [-0.05, 0) is 37.2 Å². The second kappa shape index (κ2) is 24.2. The number of thiol groups is 1. The van der Waals surface area contributed by atoms with Gasteiger partial charge in [0.1, 0.15) is 0 Å². The van der Waals surface area contributed by atoms with Crippen LogP contribution in [0.15, 0.2) is 0 Å². The molecule has 0 bridgehead atoms. The average molecular weight is 459 g/mol. The molecule has 0 unspecified atom stereocenters. The van der Waals surface area contributed by atoms with Gasteiger partial charge in [-0.2, -0.15) is 12.6 Å². The Bertz CT molecular complexity index is 302. The van der Waals surface area contributed by atoms with Gasteiger partial charge in [-0.1, -0.05) is 129 Å². The first-order chi connectivity index (χ1) is 14.7. The lowest BCUT2D eigenvalue weighted by Crippen LogP contribution is -2.38. The van der Waals surface area contributed by atoms with Crippen molar-refractivity contribution in [2.24, 2.45) is 0 Å². The second-order valence-corrected chi connectivity index (χ2v) is 14.2. The first-order valence-electron chi connectivity index (χ1n) is 14.0. The Kier molecular flexibility index (Phi) is 24.6. The van der Waals surface area contributed by atoms with Crippen molar-refractivity contribution in [3.63, 3.8) is 0 Å². The highest BCUT2D eigenvalue weighted by Gasteiger charge is 2.32. The second-order valence-electron chi connectivity index (χ2n) is 9.60. The molecule has 1 nitrogen and oxygen atoms in total. The quantitative estimate of drug-likeness (QED) is 0.0812. The van der Waals surface area contributed by atoms with E-state index >= 15 is 0 Å². The molecular weight excluding hydrogens is 400 g/mol. The summed E-state index contributed by atoms with van der Waals surface area (Å²) < 4.78 is 6.58. The molecule has 3 heteroatoms. The molecule has 0 amide bonds.